The van der Waals surface area contributed by atoms with Crippen LogP contribution in [0.1, 0.15) is 16.7 Å². The normalized spacial score (nSPS) is 11.0. The molecule has 26 heavy (non-hydrogen) atoms. The monoisotopic (exact) mass is 368 g/mol. The Balaban J connectivity index is 1.70. The molecule has 1 heterocycles. The maximum absolute atomic E-state index is 5.31. The summed E-state index contributed by atoms with van der Waals surface area (Å²) in [7, 11) is 3.22. The number of methoxy groups -OCH3 is 2. The smallest absolute Gasteiger partial charge is 0.212 e. The van der Waals surface area contributed by atoms with Crippen LogP contribution in [-0.2, 0) is 5.75 Å². The lowest BCUT2D eigenvalue weighted by Crippen LogP contribution is -1.95. The summed E-state index contributed by atoms with van der Waals surface area (Å²) in [4.78, 5) is 0. The molecule has 3 rings (SSSR count). The molecule has 0 aliphatic carbocycles. The number of hydrogen-bond donors (Lipinski definition) is 0. The van der Waals surface area contributed by atoms with Gasteiger partial charge in [0.25, 0.3) is 0 Å². The van der Waals surface area contributed by atoms with Crippen LogP contribution in [0.2, 0.25) is 0 Å². The highest BCUT2D eigenvalue weighted by atomic mass is 32.2. The van der Waals surface area contributed by atoms with Gasteiger partial charge < -0.3 is 9.47 Å². The van der Waals surface area contributed by atoms with Crippen LogP contribution in [0.5, 0.6) is 11.5 Å². The molecule has 1 aromatic heterocycles. The number of aryl methyl sites for hydroxylation is 1. The number of thioether (sulfide) groups is 1. The van der Waals surface area contributed by atoms with Gasteiger partial charge in [-0.1, -0.05) is 41.6 Å². The van der Waals surface area contributed by atoms with Gasteiger partial charge in [0.2, 0.25) is 5.16 Å². The molecule has 0 fully saturated rings. The predicted octanol–water partition coefficient (Wildman–Crippen LogP) is 3.78. The van der Waals surface area contributed by atoms with Crippen molar-refractivity contribution in [1.82, 2.24) is 14.9 Å². The highest BCUT2D eigenvalue weighted by molar-refractivity contribution is 7.98. The van der Waals surface area contributed by atoms with Crippen molar-refractivity contribution in [2.45, 2.75) is 17.8 Å². The molecular weight excluding hydrogens is 348 g/mol. The zero-order chi connectivity index (χ0) is 18.4. The molecule has 0 radical (unpaired) electrons. The standard InChI is InChI=1S/C19H20N4O2S/c1-14-4-6-15(7-5-14)12-26-19-22-20-13-23(19)21-11-16-8-9-17(24-2)18(10-16)25-3/h4-11,13H,12H2,1-3H3. The number of rotatable bonds is 7. The van der Waals surface area contributed by atoms with Gasteiger partial charge in [-0.25, -0.2) is 0 Å². The summed E-state index contributed by atoms with van der Waals surface area (Å²) in [5, 5.41) is 13.3. The Morgan fingerprint density at radius 1 is 1.08 bits per heavy atom. The van der Waals surface area contributed by atoms with Crippen molar-refractivity contribution in [2.75, 3.05) is 14.2 Å². The molecule has 134 valence electrons. The molecule has 0 N–H and O–H groups in total. The Hall–Kier alpha value is -2.80. The Kier molecular flexibility index (Phi) is 5.91. The second-order valence-electron chi connectivity index (χ2n) is 5.59. The molecule has 0 spiro atoms. The fraction of sp³-hybridized carbons (Fsp3) is 0.211. The minimum Gasteiger partial charge on any atom is -0.493 e. The van der Waals surface area contributed by atoms with Gasteiger partial charge in [0, 0.05) is 5.75 Å². The second-order valence-corrected chi connectivity index (χ2v) is 6.53. The molecule has 0 amide bonds. The van der Waals surface area contributed by atoms with Gasteiger partial charge >= 0.3 is 0 Å². The molecule has 0 aliphatic rings. The fourth-order valence-corrected chi connectivity index (χ4v) is 3.11. The molecule has 6 nitrogen and oxygen atoms in total. The van der Waals surface area contributed by atoms with Crippen LogP contribution in [0.25, 0.3) is 0 Å². The van der Waals surface area contributed by atoms with E-state index in [0.717, 1.165) is 16.5 Å². The third-order valence-corrected chi connectivity index (χ3v) is 4.73. The van der Waals surface area contributed by atoms with Crippen LogP contribution >= 0.6 is 11.8 Å². The molecule has 3 aromatic rings. The zero-order valence-corrected chi connectivity index (χ0v) is 15.7. The van der Waals surface area contributed by atoms with Gasteiger partial charge in [-0.2, -0.15) is 9.78 Å². The average Bonchev–Trinajstić information content (AvgIpc) is 3.13. The van der Waals surface area contributed by atoms with Gasteiger partial charge in [0.15, 0.2) is 11.5 Å². The maximum atomic E-state index is 5.31. The highest BCUT2D eigenvalue weighted by Gasteiger charge is 2.06. The van der Waals surface area contributed by atoms with E-state index in [-0.39, 0.29) is 0 Å². The van der Waals surface area contributed by atoms with E-state index in [1.54, 1.807) is 43.2 Å². The average molecular weight is 368 g/mol. The third kappa shape index (κ3) is 4.43. The number of hydrogen-bond acceptors (Lipinski definition) is 6. The zero-order valence-electron chi connectivity index (χ0n) is 14.9. The van der Waals surface area contributed by atoms with Crippen molar-refractivity contribution in [1.29, 1.82) is 0 Å². The lowest BCUT2D eigenvalue weighted by molar-refractivity contribution is 0.355. The summed E-state index contributed by atoms with van der Waals surface area (Å²) in [6.45, 7) is 2.08. The molecule has 0 saturated carbocycles. The maximum Gasteiger partial charge on any atom is 0.212 e. The second kappa shape index (κ2) is 8.53. The first kappa shape index (κ1) is 18.0. The Labute approximate surface area is 156 Å². The van der Waals surface area contributed by atoms with Crippen molar-refractivity contribution in [2.24, 2.45) is 5.10 Å². The number of aromatic nitrogens is 3. The number of benzene rings is 2. The van der Waals surface area contributed by atoms with Crippen molar-refractivity contribution in [3.63, 3.8) is 0 Å². The van der Waals surface area contributed by atoms with E-state index >= 15 is 0 Å². The Bertz CT molecular complexity index is 891. The minimum atomic E-state index is 0.661. The van der Waals surface area contributed by atoms with Gasteiger partial charge in [0.05, 0.1) is 20.4 Å². The van der Waals surface area contributed by atoms with E-state index in [4.69, 9.17) is 9.47 Å². The molecule has 0 saturated heterocycles. The van der Waals surface area contributed by atoms with Crippen molar-refractivity contribution in [3.8, 4) is 11.5 Å². The molecule has 0 aliphatic heterocycles. The molecule has 0 atom stereocenters. The Morgan fingerprint density at radius 3 is 2.58 bits per heavy atom. The summed E-state index contributed by atoms with van der Waals surface area (Å²) in [6, 6.07) is 14.1. The quantitative estimate of drug-likeness (QED) is 0.469. The van der Waals surface area contributed by atoms with E-state index in [2.05, 4.69) is 46.5 Å². The van der Waals surface area contributed by atoms with Crippen LogP contribution < -0.4 is 9.47 Å². The molecule has 7 heteroatoms. The van der Waals surface area contributed by atoms with Gasteiger partial charge in [0.1, 0.15) is 6.33 Å². The summed E-state index contributed by atoms with van der Waals surface area (Å²) in [5.41, 5.74) is 3.38. The summed E-state index contributed by atoms with van der Waals surface area (Å²) in [6.07, 6.45) is 3.33. The summed E-state index contributed by atoms with van der Waals surface area (Å²) < 4.78 is 12.2. The van der Waals surface area contributed by atoms with E-state index in [0.29, 0.717) is 11.5 Å². The first-order valence-electron chi connectivity index (χ1n) is 8.04. The molecule has 0 unspecified atom stereocenters. The van der Waals surface area contributed by atoms with Gasteiger partial charge in [-0.3, -0.25) is 0 Å². The van der Waals surface area contributed by atoms with E-state index in [1.807, 2.05) is 18.2 Å². The highest BCUT2D eigenvalue weighted by Crippen LogP contribution is 2.27. The van der Waals surface area contributed by atoms with Crippen LogP contribution in [0.15, 0.2) is 59.0 Å². The third-order valence-electron chi connectivity index (χ3n) is 3.73. The van der Waals surface area contributed by atoms with Crippen LogP contribution in [0.3, 0.4) is 0 Å². The first-order chi connectivity index (χ1) is 12.7. The predicted molar refractivity (Wildman–Crippen MR) is 103 cm³/mol. The van der Waals surface area contributed by atoms with Crippen molar-refractivity contribution in [3.05, 3.63) is 65.5 Å². The lowest BCUT2D eigenvalue weighted by Gasteiger charge is -2.07. The Morgan fingerprint density at radius 2 is 1.85 bits per heavy atom. The topological polar surface area (TPSA) is 61.5 Å². The van der Waals surface area contributed by atoms with Crippen molar-refractivity contribution >= 4 is 18.0 Å². The van der Waals surface area contributed by atoms with Gasteiger partial charge in [-0.15, -0.1) is 10.2 Å². The molecule has 2 aromatic carbocycles. The van der Waals surface area contributed by atoms with E-state index < -0.39 is 0 Å². The van der Waals surface area contributed by atoms with Crippen LogP contribution in [0.4, 0.5) is 0 Å². The van der Waals surface area contributed by atoms with Crippen LogP contribution in [-0.4, -0.2) is 35.3 Å². The van der Waals surface area contributed by atoms with E-state index in [9.17, 15) is 0 Å². The number of nitrogens with zero attached hydrogens (tertiary/aromatic N) is 4. The first-order valence-corrected chi connectivity index (χ1v) is 9.03. The van der Waals surface area contributed by atoms with Crippen LogP contribution in [0, 0.1) is 6.92 Å². The number of ether oxygens (including phenoxy) is 2. The fourth-order valence-electron chi connectivity index (χ4n) is 2.29. The van der Waals surface area contributed by atoms with E-state index in [1.165, 1.54) is 11.1 Å². The largest absolute Gasteiger partial charge is 0.493 e. The SMILES string of the molecule is COc1ccc(C=Nn2cnnc2SCc2ccc(C)cc2)cc1OC. The minimum absolute atomic E-state index is 0.661. The molecule has 0 bridgehead atoms. The summed E-state index contributed by atoms with van der Waals surface area (Å²) >= 11 is 1.59. The summed E-state index contributed by atoms with van der Waals surface area (Å²) in [5.74, 6) is 2.16. The van der Waals surface area contributed by atoms with Gasteiger partial charge in [-0.05, 0) is 36.2 Å². The lowest BCUT2D eigenvalue weighted by atomic mass is 10.2. The van der Waals surface area contributed by atoms with Crippen molar-refractivity contribution < 1.29 is 9.47 Å². The molecular formula is C19H20N4O2S.